The van der Waals surface area contributed by atoms with Gasteiger partial charge < -0.3 is 10.1 Å². The molecule has 84 valence electrons. The van der Waals surface area contributed by atoms with Gasteiger partial charge in [-0.15, -0.1) is 0 Å². The van der Waals surface area contributed by atoms with Crippen LogP contribution < -0.4 is 0 Å². The largest absolute Gasteiger partial charge is 0.392 e. The summed E-state index contributed by atoms with van der Waals surface area (Å²) in [4.78, 5) is 3.26. The number of aromatic nitrogens is 1. The predicted molar refractivity (Wildman–Crippen MR) is 69.7 cm³/mol. The topological polar surface area (TPSA) is 36.0 Å². The number of hydrogen-bond donors (Lipinski definition) is 2. The van der Waals surface area contributed by atoms with E-state index in [4.69, 9.17) is 0 Å². The van der Waals surface area contributed by atoms with Gasteiger partial charge in [0.2, 0.25) is 0 Å². The van der Waals surface area contributed by atoms with Gasteiger partial charge in [-0.05, 0) is 28.6 Å². The fourth-order valence-electron chi connectivity index (χ4n) is 2.16. The molecular formula is C15H13NO. The molecule has 0 aliphatic carbocycles. The van der Waals surface area contributed by atoms with E-state index in [-0.39, 0.29) is 6.61 Å². The van der Waals surface area contributed by atoms with Gasteiger partial charge in [0, 0.05) is 11.8 Å². The van der Waals surface area contributed by atoms with Crippen molar-refractivity contribution in [1.29, 1.82) is 0 Å². The number of rotatable bonds is 2. The number of nitrogens with one attached hydrogen (secondary N) is 1. The molecule has 2 N–H and O–H groups in total. The van der Waals surface area contributed by atoms with E-state index in [1.165, 1.54) is 10.9 Å². The molecule has 0 saturated carbocycles. The summed E-state index contributed by atoms with van der Waals surface area (Å²) in [5.41, 5.74) is 4.38. The van der Waals surface area contributed by atoms with Crippen LogP contribution in [-0.4, -0.2) is 10.1 Å². The van der Waals surface area contributed by atoms with Gasteiger partial charge in [0.25, 0.3) is 0 Å². The SMILES string of the molecule is OCc1cccc(-c2cccc3cc[nH]c23)c1. The second-order valence-electron chi connectivity index (χ2n) is 4.11. The molecule has 0 aliphatic rings. The first-order valence-electron chi connectivity index (χ1n) is 5.65. The monoisotopic (exact) mass is 223 g/mol. The molecule has 17 heavy (non-hydrogen) atoms. The molecule has 3 aromatic rings. The normalized spacial score (nSPS) is 10.9. The van der Waals surface area contributed by atoms with Gasteiger partial charge >= 0.3 is 0 Å². The van der Waals surface area contributed by atoms with Gasteiger partial charge in [-0.25, -0.2) is 0 Å². The van der Waals surface area contributed by atoms with E-state index in [2.05, 4.69) is 35.3 Å². The molecule has 1 heterocycles. The number of aromatic amines is 1. The van der Waals surface area contributed by atoms with Crippen molar-refractivity contribution >= 4 is 10.9 Å². The highest BCUT2D eigenvalue weighted by Gasteiger charge is 2.04. The Labute approximate surface area is 99.5 Å². The maximum absolute atomic E-state index is 9.17. The number of fused-ring (bicyclic) bond motifs is 1. The number of para-hydroxylation sites is 1. The molecule has 0 aliphatic heterocycles. The lowest BCUT2D eigenvalue weighted by molar-refractivity contribution is 0.282. The summed E-state index contributed by atoms with van der Waals surface area (Å²) in [5.74, 6) is 0. The molecule has 0 fully saturated rings. The third-order valence-electron chi connectivity index (χ3n) is 3.01. The van der Waals surface area contributed by atoms with E-state index in [0.717, 1.165) is 16.6 Å². The summed E-state index contributed by atoms with van der Waals surface area (Å²) >= 11 is 0. The first kappa shape index (κ1) is 10.1. The maximum Gasteiger partial charge on any atom is 0.0682 e. The molecule has 2 aromatic carbocycles. The first-order chi connectivity index (χ1) is 8.38. The summed E-state index contributed by atoms with van der Waals surface area (Å²) in [6.45, 7) is 0.0779. The van der Waals surface area contributed by atoms with E-state index in [0.29, 0.717) is 0 Å². The Hall–Kier alpha value is -2.06. The van der Waals surface area contributed by atoms with Gasteiger partial charge in [0.1, 0.15) is 0 Å². The molecule has 0 saturated heterocycles. The Balaban J connectivity index is 2.23. The Bertz CT molecular complexity index is 655. The average molecular weight is 223 g/mol. The van der Waals surface area contributed by atoms with E-state index in [1.54, 1.807) is 0 Å². The summed E-state index contributed by atoms with van der Waals surface area (Å²) in [5, 5.41) is 10.4. The van der Waals surface area contributed by atoms with Gasteiger partial charge in [-0.2, -0.15) is 0 Å². The minimum Gasteiger partial charge on any atom is -0.392 e. The fraction of sp³-hybridized carbons (Fsp3) is 0.0667. The number of aliphatic hydroxyl groups excluding tert-OH is 1. The average Bonchev–Trinajstić information content (AvgIpc) is 2.87. The zero-order chi connectivity index (χ0) is 11.7. The molecule has 2 nitrogen and oxygen atoms in total. The molecule has 0 bridgehead atoms. The molecule has 0 spiro atoms. The van der Waals surface area contributed by atoms with Crippen molar-refractivity contribution in [2.75, 3.05) is 0 Å². The quantitative estimate of drug-likeness (QED) is 0.686. The van der Waals surface area contributed by atoms with Crippen LogP contribution in [0.1, 0.15) is 5.56 Å². The summed E-state index contributed by atoms with van der Waals surface area (Å²) in [7, 11) is 0. The standard InChI is InChI=1S/C15H13NO/c17-10-11-3-1-5-13(9-11)14-6-2-4-12-7-8-16-15(12)14/h1-9,16-17H,10H2. The molecule has 2 heteroatoms. The number of aliphatic hydroxyl groups is 1. The van der Waals surface area contributed by atoms with Crippen molar-refractivity contribution in [3.05, 3.63) is 60.3 Å². The van der Waals surface area contributed by atoms with Crippen LogP contribution in [0, 0.1) is 0 Å². The van der Waals surface area contributed by atoms with Crippen LogP contribution >= 0.6 is 0 Å². The van der Waals surface area contributed by atoms with E-state index in [1.807, 2.05) is 24.4 Å². The minimum atomic E-state index is 0.0779. The molecular weight excluding hydrogens is 210 g/mol. The van der Waals surface area contributed by atoms with Crippen LogP contribution in [0.15, 0.2) is 54.7 Å². The second kappa shape index (κ2) is 4.07. The lowest BCUT2D eigenvalue weighted by atomic mass is 10.0. The zero-order valence-electron chi connectivity index (χ0n) is 9.35. The summed E-state index contributed by atoms with van der Waals surface area (Å²) in [6, 6.07) is 16.3. The summed E-state index contributed by atoms with van der Waals surface area (Å²) in [6.07, 6.45) is 1.95. The fourth-order valence-corrected chi connectivity index (χ4v) is 2.16. The second-order valence-corrected chi connectivity index (χ2v) is 4.11. The van der Waals surface area contributed by atoms with Crippen molar-refractivity contribution in [2.45, 2.75) is 6.61 Å². The van der Waals surface area contributed by atoms with Crippen LogP contribution in [0.5, 0.6) is 0 Å². The van der Waals surface area contributed by atoms with E-state index in [9.17, 15) is 5.11 Å². The van der Waals surface area contributed by atoms with Crippen LogP contribution in [0.3, 0.4) is 0 Å². The highest BCUT2D eigenvalue weighted by atomic mass is 16.3. The highest BCUT2D eigenvalue weighted by Crippen LogP contribution is 2.27. The van der Waals surface area contributed by atoms with Crippen LogP contribution in [0.2, 0.25) is 0 Å². The third kappa shape index (κ3) is 1.73. The van der Waals surface area contributed by atoms with Crippen molar-refractivity contribution in [3.63, 3.8) is 0 Å². The Morgan fingerprint density at radius 1 is 1.00 bits per heavy atom. The van der Waals surface area contributed by atoms with Gasteiger partial charge in [0.15, 0.2) is 0 Å². The maximum atomic E-state index is 9.17. The molecule has 1 aromatic heterocycles. The van der Waals surface area contributed by atoms with Gasteiger partial charge in [-0.1, -0.05) is 36.4 Å². The third-order valence-corrected chi connectivity index (χ3v) is 3.01. The lowest BCUT2D eigenvalue weighted by Gasteiger charge is -2.05. The van der Waals surface area contributed by atoms with Gasteiger partial charge in [0.05, 0.1) is 12.1 Å². The Morgan fingerprint density at radius 3 is 2.76 bits per heavy atom. The lowest BCUT2D eigenvalue weighted by Crippen LogP contribution is -1.85. The van der Waals surface area contributed by atoms with Crippen molar-refractivity contribution in [3.8, 4) is 11.1 Å². The number of benzene rings is 2. The number of hydrogen-bond acceptors (Lipinski definition) is 1. The molecule has 0 amide bonds. The van der Waals surface area contributed by atoms with Crippen LogP contribution in [-0.2, 0) is 6.61 Å². The zero-order valence-corrected chi connectivity index (χ0v) is 9.35. The Kier molecular flexibility index (Phi) is 2.42. The van der Waals surface area contributed by atoms with Gasteiger partial charge in [-0.3, -0.25) is 0 Å². The molecule has 0 unspecified atom stereocenters. The van der Waals surface area contributed by atoms with Crippen molar-refractivity contribution in [2.24, 2.45) is 0 Å². The van der Waals surface area contributed by atoms with Crippen molar-refractivity contribution < 1.29 is 5.11 Å². The van der Waals surface area contributed by atoms with Crippen molar-refractivity contribution in [1.82, 2.24) is 4.98 Å². The predicted octanol–water partition coefficient (Wildman–Crippen LogP) is 3.33. The molecule has 3 rings (SSSR count). The summed E-state index contributed by atoms with van der Waals surface area (Å²) < 4.78 is 0. The minimum absolute atomic E-state index is 0.0779. The molecule has 0 atom stereocenters. The number of H-pyrrole nitrogens is 1. The van der Waals surface area contributed by atoms with E-state index < -0.39 is 0 Å². The van der Waals surface area contributed by atoms with E-state index >= 15 is 0 Å². The first-order valence-corrected chi connectivity index (χ1v) is 5.65. The Morgan fingerprint density at radius 2 is 1.88 bits per heavy atom. The van der Waals surface area contributed by atoms with Crippen LogP contribution in [0.25, 0.3) is 22.0 Å². The van der Waals surface area contributed by atoms with Crippen LogP contribution in [0.4, 0.5) is 0 Å². The highest BCUT2D eigenvalue weighted by molar-refractivity contribution is 5.94. The molecule has 0 radical (unpaired) electrons. The smallest absolute Gasteiger partial charge is 0.0682 e.